The van der Waals surface area contributed by atoms with Crippen molar-refractivity contribution in [1.29, 1.82) is 0 Å². The molecule has 0 heterocycles. The normalized spacial score (nSPS) is 10.0. The van der Waals surface area contributed by atoms with Gasteiger partial charge in [-0.15, -0.1) is 6.42 Å². The van der Waals surface area contributed by atoms with Crippen LogP contribution >= 0.6 is 11.6 Å². The summed E-state index contributed by atoms with van der Waals surface area (Å²) in [5.41, 5.74) is 2.11. The first-order valence-corrected chi connectivity index (χ1v) is 6.76. The fourth-order valence-electron chi connectivity index (χ4n) is 1.80. The summed E-state index contributed by atoms with van der Waals surface area (Å²) in [6.07, 6.45) is 5.20. The maximum Gasteiger partial charge on any atom is 0.120 e. The van der Waals surface area contributed by atoms with Crippen molar-refractivity contribution in [2.75, 3.05) is 6.54 Å². The molecule has 0 saturated heterocycles. The van der Waals surface area contributed by atoms with Gasteiger partial charge in [-0.2, -0.15) is 0 Å². The van der Waals surface area contributed by atoms with Crippen LogP contribution in [0.15, 0.2) is 48.5 Å². The number of hydrogen-bond acceptors (Lipinski definition) is 2. The molecule has 20 heavy (non-hydrogen) atoms. The smallest absolute Gasteiger partial charge is 0.120 e. The van der Waals surface area contributed by atoms with Gasteiger partial charge in [-0.3, -0.25) is 0 Å². The number of nitrogens with one attached hydrogen (secondary N) is 1. The quantitative estimate of drug-likeness (QED) is 0.646. The Hall–Kier alpha value is -1.95. The molecule has 0 aliphatic carbocycles. The third-order valence-electron chi connectivity index (χ3n) is 2.81. The number of halogens is 1. The number of rotatable bonds is 6. The van der Waals surface area contributed by atoms with Gasteiger partial charge in [0.25, 0.3) is 0 Å². The number of benzene rings is 2. The zero-order valence-electron chi connectivity index (χ0n) is 11.1. The van der Waals surface area contributed by atoms with Crippen molar-refractivity contribution in [3.63, 3.8) is 0 Å². The topological polar surface area (TPSA) is 21.3 Å². The van der Waals surface area contributed by atoms with E-state index in [2.05, 4.69) is 11.2 Å². The number of terminal acetylenes is 1. The molecular formula is C17H16ClNO. The Balaban J connectivity index is 1.95. The summed E-state index contributed by atoms with van der Waals surface area (Å²) in [5.74, 6) is 3.37. The van der Waals surface area contributed by atoms with Gasteiger partial charge in [0.15, 0.2) is 0 Å². The molecule has 0 aliphatic rings. The Kier molecular flexibility index (Phi) is 5.49. The Morgan fingerprint density at radius 2 is 2.00 bits per heavy atom. The molecule has 3 heteroatoms. The van der Waals surface area contributed by atoms with E-state index in [0.29, 0.717) is 13.2 Å². The molecule has 0 amide bonds. The average Bonchev–Trinajstić information content (AvgIpc) is 2.47. The van der Waals surface area contributed by atoms with Gasteiger partial charge < -0.3 is 10.1 Å². The monoisotopic (exact) mass is 285 g/mol. The minimum Gasteiger partial charge on any atom is -0.489 e. The van der Waals surface area contributed by atoms with Crippen molar-refractivity contribution in [2.45, 2.75) is 13.2 Å². The highest BCUT2D eigenvalue weighted by atomic mass is 35.5. The van der Waals surface area contributed by atoms with Crippen molar-refractivity contribution in [2.24, 2.45) is 0 Å². The summed E-state index contributed by atoms with van der Waals surface area (Å²) in [5, 5.41) is 3.87. The number of hydrogen-bond donors (Lipinski definition) is 1. The van der Waals surface area contributed by atoms with Crippen LogP contribution in [0, 0.1) is 12.3 Å². The van der Waals surface area contributed by atoms with Crippen LogP contribution in [0.2, 0.25) is 5.02 Å². The van der Waals surface area contributed by atoms with Crippen molar-refractivity contribution < 1.29 is 4.74 Å². The Morgan fingerprint density at radius 1 is 1.15 bits per heavy atom. The minimum atomic E-state index is 0.459. The molecule has 2 nitrogen and oxygen atoms in total. The third-order valence-corrected chi connectivity index (χ3v) is 3.18. The first-order valence-electron chi connectivity index (χ1n) is 6.39. The molecule has 0 radical (unpaired) electrons. The lowest BCUT2D eigenvalue weighted by molar-refractivity contribution is 0.306. The van der Waals surface area contributed by atoms with Crippen LogP contribution in [0.4, 0.5) is 0 Å². The first kappa shape index (κ1) is 14.5. The molecule has 0 saturated carbocycles. The van der Waals surface area contributed by atoms with E-state index in [1.807, 2.05) is 48.5 Å². The Bertz CT molecular complexity index is 604. The molecular weight excluding hydrogens is 270 g/mol. The molecule has 1 N–H and O–H groups in total. The predicted octanol–water partition coefficient (Wildman–Crippen LogP) is 3.64. The molecule has 0 bridgehead atoms. The molecule has 0 aliphatic heterocycles. The lowest BCUT2D eigenvalue weighted by Crippen LogP contribution is -2.12. The largest absolute Gasteiger partial charge is 0.489 e. The Morgan fingerprint density at radius 3 is 2.80 bits per heavy atom. The van der Waals surface area contributed by atoms with Crippen molar-refractivity contribution in [3.8, 4) is 18.1 Å². The van der Waals surface area contributed by atoms with Crippen LogP contribution in [0.3, 0.4) is 0 Å². The number of ether oxygens (including phenoxy) is 1. The average molecular weight is 286 g/mol. The maximum atomic E-state index is 6.10. The second kappa shape index (κ2) is 7.59. The van der Waals surface area contributed by atoms with E-state index in [4.69, 9.17) is 22.8 Å². The molecule has 102 valence electrons. The van der Waals surface area contributed by atoms with Crippen LogP contribution in [0.1, 0.15) is 11.1 Å². The molecule has 0 atom stereocenters. The van der Waals surface area contributed by atoms with Crippen LogP contribution in [-0.4, -0.2) is 6.54 Å². The minimum absolute atomic E-state index is 0.459. The zero-order chi connectivity index (χ0) is 14.2. The van der Waals surface area contributed by atoms with Gasteiger partial charge in [-0.05, 0) is 23.8 Å². The summed E-state index contributed by atoms with van der Waals surface area (Å²) < 4.78 is 5.77. The van der Waals surface area contributed by atoms with E-state index in [-0.39, 0.29) is 0 Å². The highest BCUT2D eigenvalue weighted by molar-refractivity contribution is 6.31. The summed E-state index contributed by atoms with van der Waals surface area (Å²) in [7, 11) is 0. The standard InChI is InChI=1S/C17H16ClNO/c1-2-10-19-12-14-6-5-8-16(11-14)20-13-15-7-3-4-9-17(15)18/h1,3-9,11,19H,10,12-13H2. The highest BCUT2D eigenvalue weighted by Crippen LogP contribution is 2.19. The van der Waals surface area contributed by atoms with Gasteiger partial charge >= 0.3 is 0 Å². The fourth-order valence-corrected chi connectivity index (χ4v) is 1.99. The Labute approximate surface area is 124 Å². The fraction of sp³-hybridized carbons (Fsp3) is 0.176. The summed E-state index contributed by atoms with van der Waals surface area (Å²) in [4.78, 5) is 0. The van der Waals surface area contributed by atoms with E-state index in [1.54, 1.807) is 0 Å². The predicted molar refractivity (Wildman–Crippen MR) is 82.8 cm³/mol. The molecule has 0 unspecified atom stereocenters. The van der Waals surface area contributed by atoms with Gasteiger partial charge in [-0.25, -0.2) is 0 Å². The third kappa shape index (κ3) is 4.31. The molecule has 2 rings (SSSR count). The van der Waals surface area contributed by atoms with Crippen molar-refractivity contribution in [1.82, 2.24) is 5.32 Å². The molecule has 0 aromatic heterocycles. The summed E-state index contributed by atoms with van der Waals surface area (Å²) in [6.45, 7) is 1.75. The van der Waals surface area contributed by atoms with Crippen LogP contribution in [0.25, 0.3) is 0 Å². The lowest BCUT2D eigenvalue weighted by Gasteiger charge is -2.09. The van der Waals surface area contributed by atoms with E-state index >= 15 is 0 Å². The lowest BCUT2D eigenvalue weighted by atomic mass is 10.2. The maximum absolute atomic E-state index is 6.10. The van der Waals surface area contributed by atoms with Gasteiger partial charge in [0.1, 0.15) is 12.4 Å². The highest BCUT2D eigenvalue weighted by Gasteiger charge is 2.01. The van der Waals surface area contributed by atoms with Crippen LogP contribution < -0.4 is 10.1 Å². The van der Waals surface area contributed by atoms with E-state index in [1.165, 1.54) is 0 Å². The second-order valence-corrected chi connectivity index (χ2v) is 4.74. The second-order valence-electron chi connectivity index (χ2n) is 4.34. The van der Waals surface area contributed by atoms with Crippen molar-refractivity contribution >= 4 is 11.6 Å². The van der Waals surface area contributed by atoms with Crippen LogP contribution in [-0.2, 0) is 13.2 Å². The van der Waals surface area contributed by atoms with Crippen LogP contribution in [0.5, 0.6) is 5.75 Å². The van der Waals surface area contributed by atoms with Crippen molar-refractivity contribution in [3.05, 3.63) is 64.7 Å². The van der Waals surface area contributed by atoms with E-state index < -0.39 is 0 Å². The van der Waals surface area contributed by atoms with Gasteiger partial charge in [0.2, 0.25) is 0 Å². The van der Waals surface area contributed by atoms with Gasteiger partial charge in [-0.1, -0.05) is 47.9 Å². The van der Waals surface area contributed by atoms with E-state index in [9.17, 15) is 0 Å². The van der Waals surface area contributed by atoms with Gasteiger partial charge in [0.05, 0.1) is 6.54 Å². The molecule has 2 aromatic carbocycles. The van der Waals surface area contributed by atoms with Gasteiger partial charge in [0, 0.05) is 17.1 Å². The summed E-state index contributed by atoms with van der Waals surface area (Å²) >= 11 is 6.10. The SMILES string of the molecule is C#CCNCc1cccc(OCc2ccccc2Cl)c1. The molecule has 2 aromatic rings. The molecule has 0 spiro atoms. The molecule has 0 fully saturated rings. The van der Waals surface area contributed by atoms with E-state index in [0.717, 1.165) is 28.4 Å². The summed E-state index contributed by atoms with van der Waals surface area (Å²) in [6, 6.07) is 15.6. The zero-order valence-corrected chi connectivity index (χ0v) is 11.9. The first-order chi connectivity index (χ1) is 9.79.